The highest BCUT2D eigenvalue weighted by Crippen LogP contribution is 2.36. The summed E-state index contributed by atoms with van der Waals surface area (Å²) in [7, 11) is 1.71. The van der Waals surface area contributed by atoms with Crippen LogP contribution >= 0.6 is 0 Å². The fourth-order valence-corrected chi connectivity index (χ4v) is 2.64. The van der Waals surface area contributed by atoms with Gasteiger partial charge >= 0.3 is 0 Å². The van der Waals surface area contributed by atoms with Crippen LogP contribution in [0, 0.1) is 0 Å². The van der Waals surface area contributed by atoms with Gasteiger partial charge in [0.15, 0.2) is 0 Å². The largest absolute Gasteiger partial charge is 0.385 e. The summed E-state index contributed by atoms with van der Waals surface area (Å²) in [5, 5.41) is 0. The van der Waals surface area contributed by atoms with Crippen LogP contribution in [0.3, 0.4) is 0 Å². The molecular weight excluding hydrogens is 226 g/mol. The van der Waals surface area contributed by atoms with Crippen LogP contribution in [0.2, 0.25) is 0 Å². The van der Waals surface area contributed by atoms with E-state index in [0.717, 1.165) is 45.5 Å². The van der Waals surface area contributed by atoms with Crippen molar-refractivity contribution in [3.63, 3.8) is 0 Å². The Morgan fingerprint density at radius 2 is 2.06 bits per heavy atom. The van der Waals surface area contributed by atoms with Gasteiger partial charge in [0, 0.05) is 32.5 Å². The highest BCUT2D eigenvalue weighted by atomic mass is 16.5. The number of benzene rings is 1. The van der Waals surface area contributed by atoms with E-state index in [-0.39, 0.29) is 5.54 Å². The number of rotatable bonds is 7. The molecule has 0 saturated carbocycles. The minimum atomic E-state index is -0.183. The highest BCUT2D eigenvalue weighted by Gasteiger charge is 2.33. The number of nitrogens with two attached hydrogens (primary N) is 1. The van der Waals surface area contributed by atoms with Gasteiger partial charge in [-0.3, -0.25) is 0 Å². The summed E-state index contributed by atoms with van der Waals surface area (Å²) in [5.74, 6) is 0. The molecule has 1 aromatic carbocycles. The van der Waals surface area contributed by atoms with E-state index < -0.39 is 0 Å². The van der Waals surface area contributed by atoms with Crippen molar-refractivity contribution in [2.75, 3.05) is 26.9 Å². The molecule has 1 atom stereocenters. The van der Waals surface area contributed by atoms with Gasteiger partial charge in [-0.2, -0.15) is 0 Å². The molecule has 3 nitrogen and oxygen atoms in total. The molecule has 18 heavy (non-hydrogen) atoms. The number of hydrogen-bond donors (Lipinski definition) is 1. The Labute approximate surface area is 109 Å². The zero-order valence-corrected chi connectivity index (χ0v) is 11.2. The maximum Gasteiger partial charge on any atom is 0.0488 e. The summed E-state index contributed by atoms with van der Waals surface area (Å²) < 4.78 is 10.6. The van der Waals surface area contributed by atoms with E-state index in [1.54, 1.807) is 7.11 Å². The lowest BCUT2D eigenvalue weighted by atomic mass is 9.90. The van der Waals surface area contributed by atoms with Gasteiger partial charge in [-0.05, 0) is 36.8 Å². The van der Waals surface area contributed by atoms with Crippen molar-refractivity contribution in [1.82, 2.24) is 0 Å². The molecule has 1 unspecified atom stereocenters. The Morgan fingerprint density at radius 3 is 2.89 bits per heavy atom. The maximum atomic E-state index is 6.51. The van der Waals surface area contributed by atoms with Gasteiger partial charge in [-0.1, -0.05) is 24.3 Å². The molecule has 1 aliphatic carbocycles. The first-order valence-corrected chi connectivity index (χ1v) is 6.70. The van der Waals surface area contributed by atoms with Gasteiger partial charge in [0.1, 0.15) is 0 Å². The predicted molar refractivity (Wildman–Crippen MR) is 72.6 cm³/mol. The molecule has 3 heteroatoms. The first-order valence-electron chi connectivity index (χ1n) is 6.70. The van der Waals surface area contributed by atoms with E-state index in [9.17, 15) is 0 Å². The number of hydrogen-bond acceptors (Lipinski definition) is 3. The van der Waals surface area contributed by atoms with Gasteiger partial charge in [0.2, 0.25) is 0 Å². The van der Waals surface area contributed by atoms with E-state index in [1.165, 1.54) is 11.1 Å². The first-order chi connectivity index (χ1) is 8.76. The van der Waals surface area contributed by atoms with Crippen molar-refractivity contribution in [2.45, 2.75) is 31.2 Å². The van der Waals surface area contributed by atoms with Gasteiger partial charge in [-0.25, -0.2) is 0 Å². The molecule has 0 spiro atoms. The van der Waals surface area contributed by atoms with Crippen LogP contribution in [-0.4, -0.2) is 26.9 Å². The summed E-state index contributed by atoms with van der Waals surface area (Å²) in [5.41, 5.74) is 9.04. The van der Waals surface area contributed by atoms with Crippen molar-refractivity contribution in [3.8, 4) is 0 Å². The minimum Gasteiger partial charge on any atom is -0.385 e. The second-order valence-corrected chi connectivity index (χ2v) is 5.02. The molecule has 0 heterocycles. The van der Waals surface area contributed by atoms with Crippen molar-refractivity contribution in [3.05, 3.63) is 35.4 Å². The van der Waals surface area contributed by atoms with Gasteiger partial charge < -0.3 is 15.2 Å². The second kappa shape index (κ2) is 6.32. The molecule has 2 rings (SSSR count). The normalized spacial score (nSPS) is 22.1. The summed E-state index contributed by atoms with van der Waals surface area (Å²) in [6.07, 6.45) is 3.98. The van der Waals surface area contributed by atoms with Crippen LogP contribution in [0.4, 0.5) is 0 Å². The summed E-state index contributed by atoms with van der Waals surface area (Å²) in [6.45, 7) is 2.25. The number of aryl methyl sites for hydroxylation is 1. The van der Waals surface area contributed by atoms with Crippen molar-refractivity contribution in [2.24, 2.45) is 5.73 Å². The van der Waals surface area contributed by atoms with Gasteiger partial charge in [0.05, 0.1) is 0 Å². The third-order valence-corrected chi connectivity index (χ3v) is 3.72. The van der Waals surface area contributed by atoms with E-state index in [2.05, 4.69) is 24.3 Å². The van der Waals surface area contributed by atoms with Crippen LogP contribution in [0.25, 0.3) is 0 Å². The molecule has 2 N–H and O–H groups in total. The van der Waals surface area contributed by atoms with Crippen molar-refractivity contribution < 1.29 is 9.47 Å². The molecule has 0 amide bonds. The average Bonchev–Trinajstić information content (AvgIpc) is 2.73. The van der Waals surface area contributed by atoms with Crippen molar-refractivity contribution in [1.29, 1.82) is 0 Å². The van der Waals surface area contributed by atoms with Crippen LogP contribution in [-0.2, 0) is 21.4 Å². The molecule has 0 bridgehead atoms. The molecule has 0 saturated heterocycles. The second-order valence-electron chi connectivity index (χ2n) is 5.02. The topological polar surface area (TPSA) is 44.5 Å². The third-order valence-electron chi connectivity index (χ3n) is 3.72. The maximum absolute atomic E-state index is 6.51. The van der Waals surface area contributed by atoms with E-state index in [4.69, 9.17) is 15.2 Å². The Kier molecular flexibility index (Phi) is 4.75. The average molecular weight is 249 g/mol. The fraction of sp³-hybridized carbons (Fsp3) is 0.600. The summed E-state index contributed by atoms with van der Waals surface area (Å²) in [6, 6.07) is 8.51. The zero-order chi connectivity index (χ0) is 12.8. The number of fused-ring (bicyclic) bond motifs is 1. The zero-order valence-electron chi connectivity index (χ0n) is 11.2. The molecule has 1 aliphatic rings. The lowest BCUT2D eigenvalue weighted by molar-refractivity contribution is 0.0898. The molecule has 1 aromatic rings. The Hall–Kier alpha value is -0.900. The minimum absolute atomic E-state index is 0.183. The van der Waals surface area contributed by atoms with E-state index in [0.29, 0.717) is 0 Å². The molecule has 0 aromatic heterocycles. The molecule has 0 aliphatic heterocycles. The third kappa shape index (κ3) is 3.10. The fourth-order valence-electron chi connectivity index (χ4n) is 2.64. The SMILES string of the molecule is COCCCOCCC1(N)CCc2ccccc21. The Balaban J connectivity index is 1.79. The molecule has 100 valence electrons. The van der Waals surface area contributed by atoms with Crippen LogP contribution < -0.4 is 5.73 Å². The highest BCUT2D eigenvalue weighted by molar-refractivity contribution is 5.38. The van der Waals surface area contributed by atoms with Crippen LogP contribution in [0.15, 0.2) is 24.3 Å². The van der Waals surface area contributed by atoms with E-state index >= 15 is 0 Å². The van der Waals surface area contributed by atoms with Crippen LogP contribution in [0.5, 0.6) is 0 Å². The van der Waals surface area contributed by atoms with Gasteiger partial charge in [-0.15, -0.1) is 0 Å². The Morgan fingerprint density at radius 1 is 1.22 bits per heavy atom. The van der Waals surface area contributed by atoms with E-state index in [1.807, 2.05) is 0 Å². The Bertz CT molecular complexity index is 381. The molecule has 0 fully saturated rings. The quantitative estimate of drug-likeness (QED) is 0.754. The molecule has 0 radical (unpaired) electrons. The summed E-state index contributed by atoms with van der Waals surface area (Å²) >= 11 is 0. The number of methoxy groups -OCH3 is 1. The smallest absolute Gasteiger partial charge is 0.0488 e. The number of ether oxygens (including phenoxy) is 2. The van der Waals surface area contributed by atoms with Crippen LogP contribution in [0.1, 0.15) is 30.4 Å². The van der Waals surface area contributed by atoms with Gasteiger partial charge in [0.25, 0.3) is 0 Å². The predicted octanol–water partition coefficient (Wildman–Crippen LogP) is 2.23. The lowest BCUT2D eigenvalue weighted by Gasteiger charge is -2.25. The standard InChI is InChI=1S/C15H23NO2/c1-17-10-4-11-18-12-9-15(16)8-7-13-5-2-3-6-14(13)15/h2-3,5-6H,4,7-12,16H2,1H3. The first kappa shape index (κ1) is 13.5. The summed E-state index contributed by atoms with van der Waals surface area (Å²) in [4.78, 5) is 0. The monoisotopic (exact) mass is 249 g/mol. The molecular formula is C15H23NO2. The van der Waals surface area contributed by atoms with Crippen molar-refractivity contribution >= 4 is 0 Å². The lowest BCUT2D eigenvalue weighted by Crippen LogP contribution is -2.35.